The topological polar surface area (TPSA) is 95.3 Å². The van der Waals surface area contributed by atoms with E-state index in [1.54, 1.807) is 55.1 Å². The molecule has 4 aromatic rings. The summed E-state index contributed by atoms with van der Waals surface area (Å²) in [7, 11) is 1.58. The molecule has 2 aromatic carbocycles. The van der Waals surface area contributed by atoms with Crippen LogP contribution in [0.5, 0.6) is 5.75 Å². The molecule has 0 saturated heterocycles. The zero-order chi connectivity index (χ0) is 24.9. The van der Waals surface area contributed by atoms with Crippen molar-refractivity contribution in [2.75, 3.05) is 19.0 Å². The zero-order valence-electron chi connectivity index (χ0n) is 18.8. The lowest BCUT2D eigenvalue weighted by molar-refractivity contribution is 0.0519. The number of methoxy groups -OCH3 is 1. The molecule has 35 heavy (non-hydrogen) atoms. The molecular weight excluding hydrogens is 491 g/mol. The van der Waals surface area contributed by atoms with Crippen LogP contribution in [0.1, 0.15) is 27.8 Å². The van der Waals surface area contributed by atoms with Crippen LogP contribution in [0.2, 0.25) is 10.2 Å². The fourth-order valence-electron chi connectivity index (χ4n) is 3.35. The van der Waals surface area contributed by atoms with Gasteiger partial charge < -0.3 is 14.8 Å². The van der Waals surface area contributed by atoms with Gasteiger partial charge in [-0.3, -0.25) is 4.79 Å². The van der Waals surface area contributed by atoms with Crippen LogP contribution in [-0.4, -0.2) is 40.4 Å². The van der Waals surface area contributed by atoms with Crippen molar-refractivity contribution in [3.63, 3.8) is 0 Å². The van der Waals surface area contributed by atoms with Crippen molar-refractivity contribution in [2.24, 2.45) is 0 Å². The number of carbonyl (C=O) groups excluding carboxylic acids is 2. The van der Waals surface area contributed by atoms with Crippen molar-refractivity contribution in [3.8, 4) is 22.7 Å². The summed E-state index contributed by atoms with van der Waals surface area (Å²) in [5, 5.41) is 7.60. The molecule has 0 fully saturated rings. The molecule has 1 amide bonds. The summed E-state index contributed by atoms with van der Waals surface area (Å²) in [6, 6.07) is 17.4. The largest absolute Gasteiger partial charge is 0.497 e. The lowest BCUT2D eigenvalue weighted by atomic mass is 10.1. The van der Waals surface area contributed by atoms with E-state index in [9.17, 15) is 9.59 Å². The number of aromatic nitrogens is 3. The molecule has 0 atom stereocenters. The molecule has 0 radical (unpaired) electrons. The lowest BCUT2D eigenvalue weighted by Gasteiger charge is -2.11. The summed E-state index contributed by atoms with van der Waals surface area (Å²) in [6.07, 6.45) is 1.36. The van der Waals surface area contributed by atoms with E-state index in [2.05, 4.69) is 15.4 Å². The minimum atomic E-state index is -0.534. The van der Waals surface area contributed by atoms with E-state index in [-0.39, 0.29) is 23.0 Å². The summed E-state index contributed by atoms with van der Waals surface area (Å²) >= 11 is 12.0. The van der Waals surface area contributed by atoms with Crippen LogP contribution in [0.25, 0.3) is 16.9 Å². The summed E-state index contributed by atoms with van der Waals surface area (Å²) in [5.74, 6) is -0.307. The Bertz CT molecular complexity index is 1390. The third kappa shape index (κ3) is 5.45. The molecule has 0 aliphatic rings. The van der Waals surface area contributed by atoms with Gasteiger partial charge in [-0.05, 0) is 55.5 Å². The van der Waals surface area contributed by atoms with E-state index >= 15 is 0 Å². The van der Waals surface area contributed by atoms with Gasteiger partial charge in [-0.1, -0.05) is 35.3 Å². The van der Waals surface area contributed by atoms with Crippen LogP contribution in [0.4, 0.5) is 5.69 Å². The molecule has 0 bridgehead atoms. The second-order valence-corrected chi connectivity index (χ2v) is 8.07. The number of ether oxygens (including phenoxy) is 2. The molecule has 0 aliphatic carbocycles. The minimum Gasteiger partial charge on any atom is -0.497 e. The highest BCUT2D eigenvalue weighted by atomic mass is 35.5. The fraction of sp³-hybridized carbons (Fsp3) is 0.120. The maximum Gasteiger partial charge on any atom is 0.358 e. The number of esters is 1. The lowest BCUT2D eigenvalue weighted by Crippen LogP contribution is -2.13. The summed E-state index contributed by atoms with van der Waals surface area (Å²) in [4.78, 5) is 29.1. The van der Waals surface area contributed by atoms with Crippen LogP contribution >= 0.6 is 23.2 Å². The molecule has 0 unspecified atom stereocenters. The summed E-state index contributed by atoms with van der Waals surface area (Å²) in [6.45, 7) is 1.96. The number of nitrogens with zero attached hydrogens (tertiary/aromatic N) is 3. The Kier molecular flexibility index (Phi) is 7.33. The van der Waals surface area contributed by atoms with Gasteiger partial charge >= 0.3 is 5.97 Å². The molecule has 2 heterocycles. The van der Waals surface area contributed by atoms with Crippen molar-refractivity contribution in [1.29, 1.82) is 0 Å². The molecule has 8 nitrogen and oxygen atoms in total. The molecule has 10 heteroatoms. The van der Waals surface area contributed by atoms with E-state index < -0.39 is 11.9 Å². The van der Waals surface area contributed by atoms with E-state index in [1.807, 2.05) is 18.2 Å². The van der Waals surface area contributed by atoms with Crippen molar-refractivity contribution in [2.45, 2.75) is 6.92 Å². The molecular formula is C25H20Cl2N4O4. The van der Waals surface area contributed by atoms with Gasteiger partial charge in [0.25, 0.3) is 5.91 Å². The number of carbonyl (C=O) groups is 2. The second-order valence-electron chi connectivity index (χ2n) is 7.27. The van der Waals surface area contributed by atoms with Crippen LogP contribution in [0, 0.1) is 0 Å². The number of rotatable bonds is 7. The van der Waals surface area contributed by atoms with Crippen molar-refractivity contribution in [3.05, 3.63) is 88.3 Å². The second kappa shape index (κ2) is 10.6. The molecule has 0 saturated carbocycles. The molecule has 4 rings (SSSR count). The fourth-order valence-corrected chi connectivity index (χ4v) is 3.70. The molecule has 1 N–H and O–H groups in total. The number of anilines is 1. The number of halogens is 2. The first kappa shape index (κ1) is 24.3. The number of hydrogen-bond acceptors (Lipinski definition) is 6. The van der Waals surface area contributed by atoms with Gasteiger partial charge in [-0.2, -0.15) is 5.10 Å². The first-order valence-corrected chi connectivity index (χ1v) is 11.3. The third-order valence-corrected chi connectivity index (χ3v) is 5.49. The van der Waals surface area contributed by atoms with Crippen molar-refractivity contribution >= 4 is 40.8 Å². The predicted molar refractivity (Wildman–Crippen MR) is 134 cm³/mol. The smallest absolute Gasteiger partial charge is 0.358 e. The Morgan fingerprint density at radius 2 is 1.83 bits per heavy atom. The van der Waals surface area contributed by atoms with Crippen molar-refractivity contribution in [1.82, 2.24) is 14.8 Å². The standard InChI is InChI=1S/C25H20Cl2N4O4/c1-3-35-25(33)21-13-22(31(30-21)18-7-9-19(34-2)10-8-18)15-5-4-6-17(11-15)29-24(32)20-12-16(26)14-28-23(20)27/h4-14H,3H2,1-2H3,(H,29,32). The average Bonchev–Trinajstić information content (AvgIpc) is 3.31. The van der Waals surface area contributed by atoms with Gasteiger partial charge in [0.15, 0.2) is 5.69 Å². The van der Waals surface area contributed by atoms with Gasteiger partial charge in [0, 0.05) is 17.4 Å². The highest BCUT2D eigenvalue weighted by molar-refractivity contribution is 6.35. The number of pyridine rings is 1. The highest BCUT2D eigenvalue weighted by Gasteiger charge is 2.19. The van der Waals surface area contributed by atoms with Crippen LogP contribution in [0.3, 0.4) is 0 Å². The Hall–Kier alpha value is -3.88. The van der Waals surface area contributed by atoms with Gasteiger partial charge in [0.05, 0.1) is 35.7 Å². The first-order valence-electron chi connectivity index (χ1n) is 10.5. The van der Waals surface area contributed by atoms with Gasteiger partial charge in [-0.15, -0.1) is 0 Å². The van der Waals surface area contributed by atoms with E-state index in [1.165, 1.54) is 12.3 Å². The number of benzene rings is 2. The minimum absolute atomic E-state index is 0.0414. The number of hydrogen-bond donors (Lipinski definition) is 1. The Morgan fingerprint density at radius 1 is 1.06 bits per heavy atom. The molecule has 178 valence electrons. The first-order chi connectivity index (χ1) is 16.9. The predicted octanol–water partition coefficient (Wildman–Crippen LogP) is 5.68. The van der Waals surface area contributed by atoms with E-state index in [0.29, 0.717) is 33.4 Å². The van der Waals surface area contributed by atoms with Crippen molar-refractivity contribution < 1.29 is 19.1 Å². The van der Waals surface area contributed by atoms with E-state index in [0.717, 1.165) is 0 Å². The Morgan fingerprint density at radius 3 is 2.54 bits per heavy atom. The van der Waals surface area contributed by atoms with Crippen LogP contribution in [-0.2, 0) is 4.74 Å². The molecule has 2 aromatic heterocycles. The Labute approximate surface area is 211 Å². The normalized spacial score (nSPS) is 10.6. The Balaban J connectivity index is 1.72. The SMILES string of the molecule is CCOC(=O)c1cc(-c2cccc(NC(=O)c3cc(Cl)cnc3Cl)c2)n(-c2ccc(OC)cc2)n1. The quantitative estimate of drug-likeness (QED) is 0.254. The summed E-state index contributed by atoms with van der Waals surface area (Å²) < 4.78 is 12.0. The average molecular weight is 511 g/mol. The molecule has 0 spiro atoms. The number of nitrogens with one attached hydrogen (secondary N) is 1. The van der Waals surface area contributed by atoms with Crippen LogP contribution in [0.15, 0.2) is 66.9 Å². The maximum atomic E-state index is 12.8. The van der Waals surface area contributed by atoms with Crippen LogP contribution < -0.4 is 10.1 Å². The zero-order valence-corrected chi connectivity index (χ0v) is 20.3. The third-order valence-electron chi connectivity index (χ3n) is 4.98. The van der Waals surface area contributed by atoms with Gasteiger partial charge in [0.2, 0.25) is 0 Å². The monoisotopic (exact) mass is 510 g/mol. The maximum absolute atomic E-state index is 12.8. The number of amides is 1. The highest BCUT2D eigenvalue weighted by Crippen LogP contribution is 2.28. The molecule has 0 aliphatic heterocycles. The van der Waals surface area contributed by atoms with E-state index in [4.69, 9.17) is 32.7 Å². The van der Waals surface area contributed by atoms with Gasteiger partial charge in [0.1, 0.15) is 10.9 Å². The van der Waals surface area contributed by atoms with Gasteiger partial charge in [-0.25, -0.2) is 14.5 Å². The summed E-state index contributed by atoms with van der Waals surface area (Å²) in [5.41, 5.74) is 2.85.